The summed E-state index contributed by atoms with van der Waals surface area (Å²) in [6.45, 7) is 0. The maximum atomic E-state index is 11.0. The fraction of sp³-hybridized carbons (Fsp3) is 0.154. The molecule has 0 amide bonds. The van der Waals surface area contributed by atoms with E-state index in [-0.39, 0.29) is 5.43 Å². The highest BCUT2D eigenvalue weighted by atomic mass is 16.5. The lowest BCUT2D eigenvalue weighted by molar-refractivity contribution is 0.355. The van der Waals surface area contributed by atoms with Gasteiger partial charge in [0.25, 0.3) is 0 Å². The summed E-state index contributed by atoms with van der Waals surface area (Å²) in [5.41, 5.74) is 0.893. The first kappa shape index (κ1) is 11.3. The average Bonchev–Trinajstić information content (AvgIpc) is 2.39. The van der Waals surface area contributed by atoms with Crippen LogP contribution in [0.3, 0.4) is 0 Å². The fourth-order valence-corrected chi connectivity index (χ4v) is 1.57. The van der Waals surface area contributed by atoms with Crippen LogP contribution in [0.5, 0.6) is 11.5 Å². The van der Waals surface area contributed by atoms with Crippen LogP contribution < -0.4 is 14.9 Å². The van der Waals surface area contributed by atoms with E-state index in [1.54, 1.807) is 26.6 Å². The van der Waals surface area contributed by atoms with Crippen molar-refractivity contribution in [3.05, 3.63) is 52.9 Å². The van der Waals surface area contributed by atoms with Gasteiger partial charge in [0.15, 0.2) is 16.9 Å². The first-order chi connectivity index (χ1) is 8.24. The van der Waals surface area contributed by atoms with Gasteiger partial charge in [-0.25, -0.2) is 0 Å². The molecule has 4 heteroatoms. The second-order valence-electron chi connectivity index (χ2n) is 3.48. The maximum Gasteiger partial charge on any atom is 0.181 e. The molecule has 0 saturated heterocycles. The molecule has 0 unspecified atom stereocenters. The number of methoxy groups -OCH3 is 2. The molecule has 0 aliphatic carbocycles. The Morgan fingerprint density at radius 1 is 0.941 bits per heavy atom. The summed E-state index contributed by atoms with van der Waals surface area (Å²) in [4.78, 5) is 11.0. The van der Waals surface area contributed by atoms with Gasteiger partial charge in [-0.2, -0.15) is 0 Å². The van der Waals surface area contributed by atoms with Crippen molar-refractivity contribution in [2.75, 3.05) is 14.2 Å². The quantitative estimate of drug-likeness (QED) is 0.809. The molecule has 1 heterocycles. The SMILES string of the molecule is COc1ccc(-n2ccc(=O)cc2)cc1OC. The minimum atomic E-state index is -0.0123. The van der Waals surface area contributed by atoms with Crippen LogP contribution >= 0.6 is 0 Å². The number of rotatable bonds is 3. The summed E-state index contributed by atoms with van der Waals surface area (Å²) in [7, 11) is 3.18. The van der Waals surface area contributed by atoms with Gasteiger partial charge in [0.2, 0.25) is 0 Å². The number of ether oxygens (including phenoxy) is 2. The minimum absolute atomic E-state index is 0.0123. The zero-order valence-electron chi connectivity index (χ0n) is 9.71. The number of aromatic nitrogens is 1. The Kier molecular flexibility index (Phi) is 3.14. The van der Waals surface area contributed by atoms with Gasteiger partial charge in [-0.3, -0.25) is 4.79 Å². The highest BCUT2D eigenvalue weighted by molar-refractivity contribution is 5.48. The van der Waals surface area contributed by atoms with Crippen LogP contribution in [0.25, 0.3) is 5.69 Å². The van der Waals surface area contributed by atoms with E-state index in [1.165, 1.54) is 12.1 Å². The van der Waals surface area contributed by atoms with Crippen LogP contribution in [-0.4, -0.2) is 18.8 Å². The van der Waals surface area contributed by atoms with Gasteiger partial charge in [0.05, 0.1) is 14.2 Å². The standard InChI is InChI=1S/C13H13NO3/c1-16-12-4-3-10(9-13(12)17-2)14-7-5-11(15)6-8-14/h3-9H,1-2H3. The van der Waals surface area contributed by atoms with Crippen LogP contribution in [0.2, 0.25) is 0 Å². The van der Waals surface area contributed by atoms with E-state index in [2.05, 4.69) is 0 Å². The van der Waals surface area contributed by atoms with Gasteiger partial charge < -0.3 is 14.0 Å². The van der Waals surface area contributed by atoms with Gasteiger partial charge in [-0.15, -0.1) is 0 Å². The third-order valence-electron chi connectivity index (χ3n) is 2.46. The Labute approximate surface area is 99.0 Å². The Bertz CT molecular complexity index is 555. The largest absolute Gasteiger partial charge is 0.493 e. The van der Waals surface area contributed by atoms with Crippen molar-refractivity contribution in [2.45, 2.75) is 0 Å². The topological polar surface area (TPSA) is 40.5 Å². The first-order valence-corrected chi connectivity index (χ1v) is 5.15. The average molecular weight is 231 g/mol. The molecule has 88 valence electrons. The highest BCUT2D eigenvalue weighted by Gasteiger charge is 2.04. The third kappa shape index (κ3) is 2.30. The van der Waals surface area contributed by atoms with Crippen molar-refractivity contribution in [3.8, 4) is 17.2 Å². The summed E-state index contributed by atoms with van der Waals surface area (Å²) in [6.07, 6.45) is 3.42. The Balaban J connectivity index is 2.46. The van der Waals surface area contributed by atoms with E-state index < -0.39 is 0 Å². The molecule has 0 fully saturated rings. The zero-order chi connectivity index (χ0) is 12.3. The van der Waals surface area contributed by atoms with Gasteiger partial charge >= 0.3 is 0 Å². The Morgan fingerprint density at radius 2 is 1.59 bits per heavy atom. The minimum Gasteiger partial charge on any atom is -0.493 e. The molecule has 0 aliphatic heterocycles. The molecule has 0 radical (unpaired) electrons. The van der Waals surface area contributed by atoms with E-state index in [0.29, 0.717) is 11.5 Å². The number of hydrogen-bond acceptors (Lipinski definition) is 3. The number of pyridine rings is 1. The highest BCUT2D eigenvalue weighted by Crippen LogP contribution is 2.28. The van der Waals surface area contributed by atoms with E-state index >= 15 is 0 Å². The molecule has 0 spiro atoms. The zero-order valence-corrected chi connectivity index (χ0v) is 9.71. The van der Waals surface area contributed by atoms with Gasteiger partial charge in [-0.1, -0.05) is 0 Å². The molecule has 0 atom stereocenters. The molecule has 0 bridgehead atoms. The van der Waals surface area contributed by atoms with Crippen LogP contribution in [0.4, 0.5) is 0 Å². The summed E-state index contributed by atoms with van der Waals surface area (Å²) in [5.74, 6) is 1.33. The Hall–Kier alpha value is -2.23. The van der Waals surface area contributed by atoms with E-state index in [1.807, 2.05) is 22.8 Å². The van der Waals surface area contributed by atoms with Gasteiger partial charge in [0.1, 0.15) is 0 Å². The molecule has 2 aromatic rings. The Morgan fingerprint density at radius 3 is 2.18 bits per heavy atom. The summed E-state index contributed by atoms with van der Waals surface area (Å²) in [6, 6.07) is 8.59. The molecule has 4 nitrogen and oxygen atoms in total. The van der Waals surface area contributed by atoms with Crippen molar-refractivity contribution in [2.24, 2.45) is 0 Å². The third-order valence-corrected chi connectivity index (χ3v) is 2.46. The van der Waals surface area contributed by atoms with Crippen LogP contribution in [0.15, 0.2) is 47.5 Å². The number of nitrogens with zero attached hydrogens (tertiary/aromatic N) is 1. The van der Waals surface area contributed by atoms with Crippen molar-refractivity contribution in [3.63, 3.8) is 0 Å². The second-order valence-corrected chi connectivity index (χ2v) is 3.48. The molecule has 2 rings (SSSR count). The molecular weight excluding hydrogens is 218 g/mol. The normalized spacial score (nSPS) is 10.0. The second kappa shape index (κ2) is 4.74. The van der Waals surface area contributed by atoms with Crippen molar-refractivity contribution >= 4 is 0 Å². The summed E-state index contributed by atoms with van der Waals surface area (Å²) < 4.78 is 12.2. The van der Waals surface area contributed by atoms with Crippen molar-refractivity contribution in [1.82, 2.24) is 4.57 Å². The summed E-state index contributed by atoms with van der Waals surface area (Å²) >= 11 is 0. The lowest BCUT2D eigenvalue weighted by Crippen LogP contribution is -2.02. The summed E-state index contributed by atoms with van der Waals surface area (Å²) in [5, 5.41) is 0. The molecule has 1 aromatic carbocycles. The molecule has 0 saturated carbocycles. The van der Waals surface area contributed by atoms with Crippen LogP contribution in [0.1, 0.15) is 0 Å². The van der Waals surface area contributed by atoms with Gasteiger partial charge in [-0.05, 0) is 12.1 Å². The smallest absolute Gasteiger partial charge is 0.181 e. The van der Waals surface area contributed by atoms with E-state index in [0.717, 1.165) is 5.69 Å². The number of hydrogen-bond donors (Lipinski definition) is 0. The van der Waals surface area contributed by atoms with Crippen LogP contribution in [-0.2, 0) is 0 Å². The van der Waals surface area contributed by atoms with E-state index in [9.17, 15) is 4.79 Å². The predicted octanol–water partition coefficient (Wildman–Crippen LogP) is 1.85. The fourth-order valence-electron chi connectivity index (χ4n) is 1.57. The molecule has 0 N–H and O–H groups in total. The molecular formula is C13H13NO3. The maximum absolute atomic E-state index is 11.0. The predicted molar refractivity (Wildman–Crippen MR) is 65.1 cm³/mol. The van der Waals surface area contributed by atoms with Crippen molar-refractivity contribution < 1.29 is 9.47 Å². The molecule has 0 aliphatic rings. The first-order valence-electron chi connectivity index (χ1n) is 5.15. The lowest BCUT2D eigenvalue weighted by atomic mass is 10.2. The molecule has 1 aromatic heterocycles. The monoisotopic (exact) mass is 231 g/mol. The van der Waals surface area contributed by atoms with E-state index in [4.69, 9.17) is 9.47 Å². The van der Waals surface area contributed by atoms with Crippen molar-refractivity contribution in [1.29, 1.82) is 0 Å². The van der Waals surface area contributed by atoms with Crippen LogP contribution in [0, 0.1) is 0 Å². The number of benzene rings is 1. The van der Waals surface area contributed by atoms with Gasteiger partial charge in [0, 0.05) is 36.3 Å². The lowest BCUT2D eigenvalue weighted by Gasteiger charge is -2.11. The molecule has 17 heavy (non-hydrogen) atoms.